The first-order valence-electron chi connectivity index (χ1n) is 7.32. The summed E-state index contributed by atoms with van der Waals surface area (Å²) >= 11 is 3.60. The van der Waals surface area contributed by atoms with Gasteiger partial charge in [0.25, 0.3) is 0 Å². The van der Waals surface area contributed by atoms with Crippen molar-refractivity contribution in [3.63, 3.8) is 0 Å². The normalized spacial score (nSPS) is 17.4. The molecule has 0 radical (unpaired) electrons. The summed E-state index contributed by atoms with van der Waals surface area (Å²) in [7, 11) is 0. The van der Waals surface area contributed by atoms with Gasteiger partial charge in [0, 0.05) is 11.0 Å². The first kappa shape index (κ1) is 16.3. The number of benzene rings is 1. The third kappa shape index (κ3) is 3.42. The monoisotopic (exact) mass is 353 g/mol. The zero-order valence-electron chi connectivity index (χ0n) is 13.7. The number of hydrogen-bond acceptors (Lipinski definition) is 2. The molecule has 3 nitrogen and oxygen atoms in total. The minimum atomic E-state index is -0.478. The first-order valence-corrected chi connectivity index (χ1v) is 8.12. The van der Waals surface area contributed by atoms with Crippen molar-refractivity contribution in [3.8, 4) is 0 Å². The molecule has 0 N–H and O–H groups in total. The quantitative estimate of drug-likeness (QED) is 0.642. The number of hydrogen-bond donors (Lipinski definition) is 0. The number of nitrogens with zero attached hydrogens (tertiary/aromatic N) is 1. The standard InChI is InChI=1S/C17H24BrNO2/c1-11-9-14-12(10-13(11)18)17(5,6)7-8-19(14)15(20)21-16(2,3)4/h9-10H,7-8H2,1-6H3. The van der Waals surface area contributed by atoms with Crippen molar-refractivity contribution < 1.29 is 9.53 Å². The Labute approximate surface area is 135 Å². The molecule has 0 spiro atoms. The number of aryl methyl sites for hydroxylation is 1. The Morgan fingerprint density at radius 3 is 2.52 bits per heavy atom. The van der Waals surface area contributed by atoms with E-state index in [0.717, 1.165) is 22.1 Å². The lowest BCUT2D eigenvalue weighted by atomic mass is 9.77. The molecule has 0 saturated carbocycles. The lowest BCUT2D eigenvalue weighted by Gasteiger charge is -2.39. The molecule has 0 aromatic heterocycles. The van der Waals surface area contributed by atoms with Gasteiger partial charge in [-0.25, -0.2) is 4.79 Å². The van der Waals surface area contributed by atoms with E-state index in [2.05, 4.69) is 41.9 Å². The summed E-state index contributed by atoms with van der Waals surface area (Å²) in [5.74, 6) is 0. The highest BCUT2D eigenvalue weighted by Crippen LogP contribution is 2.42. The number of rotatable bonds is 0. The lowest BCUT2D eigenvalue weighted by molar-refractivity contribution is 0.0574. The number of carbonyl (C=O) groups excluding carboxylic acids is 1. The number of amides is 1. The van der Waals surface area contributed by atoms with Crippen molar-refractivity contribution >= 4 is 27.7 Å². The van der Waals surface area contributed by atoms with Crippen molar-refractivity contribution in [1.29, 1.82) is 0 Å². The third-order valence-corrected chi connectivity index (χ3v) is 4.73. The fraction of sp³-hybridized carbons (Fsp3) is 0.588. The van der Waals surface area contributed by atoms with E-state index in [1.165, 1.54) is 5.56 Å². The Hall–Kier alpha value is -1.03. The van der Waals surface area contributed by atoms with Gasteiger partial charge in [-0.3, -0.25) is 4.90 Å². The number of anilines is 1. The lowest BCUT2D eigenvalue weighted by Crippen LogP contribution is -2.43. The van der Waals surface area contributed by atoms with Gasteiger partial charge in [0.15, 0.2) is 0 Å². The number of fused-ring (bicyclic) bond motifs is 1. The molecule has 1 aromatic carbocycles. The van der Waals surface area contributed by atoms with Gasteiger partial charge in [-0.05, 0) is 62.8 Å². The predicted molar refractivity (Wildman–Crippen MR) is 90.1 cm³/mol. The number of halogens is 1. The van der Waals surface area contributed by atoms with Crippen LogP contribution in [0.3, 0.4) is 0 Å². The minimum absolute atomic E-state index is 0.0596. The van der Waals surface area contributed by atoms with E-state index in [1.54, 1.807) is 4.90 Å². The Bertz CT molecular complexity index is 573. The van der Waals surface area contributed by atoms with Gasteiger partial charge in [-0.2, -0.15) is 0 Å². The van der Waals surface area contributed by atoms with Crippen molar-refractivity contribution in [1.82, 2.24) is 0 Å². The van der Waals surface area contributed by atoms with Crippen LogP contribution in [0.15, 0.2) is 16.6 Å². The van der Waals surface area contributed by atoms with Crippen LogP contribution in [0.2, 0.25) is 0 Å². The first-order chi connectivity index (χ1) is 9.51. The molecule has 1 aliphatic heterocycles. The molecular formula is C17H24BrNO2. The van der Waals surface area contributed by atoms with Crippen LogP contribution in [0.5, 0.6) is 0 Å². The maximum atomic E-state index is 12.5. The molecule has 1 aliphatic rings. The van der Waals surface area contributed by atoms with E-state index < -0.39 is 5.60 Å². The predicted octanol–water partition coefficient (Wildman–Crippen LogP) is 5.18. The second-order valence-corrected chi connectivity index (χ2v) is 8.24. The molecule has 116 valence electrons. The number of carbonyl (C=O) groups is 1. The molecule has 0 bridgehead atoms. The molecular weight excluding hydrogens is 330 g/mol. The third-order valence-electron chi connectivity index (χ3n) is 3.87. The van der Waals surface area contributed by atoms with Crippen LogP contribution < -0.4 is 4.90 Å². The summed E-state index contributed by atoms with van der Waals surface area (Å²) in [6.45, 7) is 12.9. The van der Waals surface area contributed by atoms with E-state index in [-0.39, 0.29) is 11.5 Å². The van der Waals surface area contributed by atoms with Crippen LogP contribution in [0.25, 0.3) is 0 Å². The molecule has 1 aromatic rings. The maximum absolute atomic E-state index is 12.5. The van der Waals surface area contributed by atoms with Crippen LogP contribution in [-0.2, 0) is 10.2 Å². The Balaban J connectivity index is 2.45. The molecule has 1 heterocycles. The van der Waals surface area contributed by atoms with Gasteiger partial charge < -0.3 is 4.74 Å². The zero-order chi connectivity index (χ0) is 16.0. The summed E-state index contributed by atoms with van der Waals surface area (Å²) < 4.78 is 6.63. The van der Waals surface area contributed by atoms with E-state index in [4.69, 9.17) is 4.74 Å². The summed E-state index contributed by atoms with van der Waals surface area (Å²) in [5.41, 5.74) is 2.87. The van der Waals surface area contributed by atoms with Crippen LogP contribution in [0, 0.1) is 6.92 Å². The molecule has 21 heavy (non-hydrogen) atoms. The smallest absolute Gasteiger partial charge is 0.414 e. The Morgan fingerprint density at radius 2 is 1.95 bits per heavy atom. The SMILES string of the molecule is Cc1cc2c(cc1Br)C(C)(C)CCN2C(=O)OC(C)(C)C. The molecule has 1 amide bonds. The van der Waals surface area contributed by atoms with Gasteiger partial charge in [-0.15, -0.1) is 0 Å². The molecule has 0 aliphatic carbocycles. The van der Waals surface area contributed by atoms with E-state index >= 15 is 0 Å². The fourth-order valence-electron chi connectivity index (χ4n) is 2.58. The average molecular weight is 354 g/mol. The van der Waals surface area contributed by atoms with Crippen LogP contribution in [-0.4, -0.2) is 18.2 Å². The Morgan fingerprint density at radius 1 is 1.33 bits per heavy atom. The highest BCUT2D eigenvalue weighted by atomic mass is 79.9. The van der Waals surface area contributed by atoms with Crippen LogP contribution in [0.1, 0.15) is 52.2 Å². The van der Waals surface area contributed by atoms with E-state index in [0.29, 0.717) is 6.54 Å². The fourth-order valence-corrected chi connectivity index (χ4v) is 2.93. The van der Waals surface area contributed by atoms with Crippen molar-refractivity contribution in [2.45, 2.75) is 59.0 Å². The highest BCUT2D eigenvalue weighted by Gasteiger charge is 2.36. The molecule has 4 heteroatoms. The van der Waals surface area contributed by atoms with Gasteiger partial charge in [-0.1, -0.05) is 29.8 Å². The largest absolute Gasteiger partial charge is 0.443 e. The van der Waals surface area contributed by atoms with E-state index in [9.17, 15) is 4.79 Å². The van der Waals surface area contributed by atoms with Crippen molar-refractivity contribution in [3.05, 3.63) is 27.7 Å². The van der Waals surface area contributed by atoms with Crippen LogP contribution in [0.4, 0.5) is 10.5 Å². The summed E-state index contributed by atoms with van der Waals surface area (Å²) in [6, 6.07) is 4.21. The summed E-state index contributed by atoms with van der Waals surface area (Å²) in [4.78, 5) is 14.2. The van der Waals surface area contributed by atoms with Crippen LogP contribution >= 0.6 is 15.9 Å². The number of ether oxygens (including phenoxy) is 1. The Kier molecular flexibility index (Phi) is 4.13. The van der Waals surface area contributed by atoms with Crippen molar-refractivity contribution in [2.75, 3.05) is 11.4 Å². The topological polar surface area (TPSA) is 29.5 Å². The van der Waals surface area contributed by atoms with Crippen molar-refractivity contribution in [2.24, 2.45) is 0 Å². The average Bonchev–Trinajstić information content (AvgIpc) is 2.29. The van der Waals surface area contributed by atoms with Gasteiger partial charge >= 0.3 is 6.09 Å². The maximum Gasteiger partial charge on any atom is 0.414 e. The second-order valence-electron chi connectivity index (χ2n) is 7.38. The van der Waals surface area contributed by atoms with Gasteiger partial charge in [0.1, 0.15) is 5.60 Å². The van der Waals surface area contributed by atoms with Gasteiger partial charge in [0.2, 0.25) is 0 Å². The molecule has 2 rings (SSSR count). The van der Waals surface area contributed by atoms with Gasteiger partial charge in [0.05, 0.1) is 5.69 Å². The molecule has 0 unspecified atom stereocenters. The van der Waals surface area contributed by atoms with E-state index in [1.807, 2.05) is 27.7 Å². The zero-order valence-corrected chi connectivity index (χ0v) is 15.3. The molecule has 0 saturated heterocycles. The highest BCUT2D eigenvalue weighted by molar-refractivity contribution is 9.10. The molecule has 0 atom stereocenters. The summed E-state index contributed by atoms with van der Waals surface area (Å²) in [5, 5.41) is 0. The molecule has 0 fully saturated rings. The summed E-state index contributed by atoms with van der Waals surface area (Å²) in [6.07, 6.45) is 0.662. The second kappa shape index (κ2) is 5.31. The minimum Gasteiger partial charge on any atom is -0.443 e.